The lowest BCUT2D eigenvalue weighted by Crippen LogP contribution is -2.38. The van der Waals surface area contributed by atoms with E-state index in [1.54, 1.807) is 17.2 Å². The molecule has 0 fully saturated rings. The Morgan fingerprint density at radius 3 is 2.68 bits per heavy atom. The van der Waals surface area contributed by atoms with Crippen LogP contribution in [0.25, 0.3) is 0 Å². The average Bonchev–Trinajstić information content (AvgIpc) is 2.40. The van der Waals surface area contributed by atoms with Gasteiger partial charge in [-0.2, -0.15) is 0 Å². The van der Waals surface area contributed by atoms with Gasteiger partial charge in [-0.05, 0) is 39.3 Å². The molecular weight excluding hydrogens is 242 g/mol. The Labute approximate surface area is 114 Å². The van der Waals surface area contributed by atoms with Crippen molar-refractivity contribution in [2.45, 2.75) is 33.2 Å². The molecule has 0 aliphatic heterocycles. The fraction of sp³-hybridized carbons (Fsp3) is 0.571. The van der Waals surface area contributed by atoms with E-state index < -0.39 is 0 Å². The van der Waals surface area contributed by atoms with Crippen molar-refractivity contribution >= 4 is 11.6 Å². The molecule has 0 aliphatic carbocycles. The maximum atomic E-state index is 12.3. The number of aliphatic hydroxyl groups is 1. The van der Waals surface area contributed by atoms with Crippen LogP contribution in [0.15, 0.2) is 18.3 Å². The van der Waals surface area contributed by atoms with Crippen LogP contribution in [0.1, 0.15) is 37.7 Å². The summed E-state index contributed by atoms with van der Waals surface area (Å²) in [6.07, 6.45) is 2.25. The van der Waals surface area contributed by atoms with Crippen LogP contribution in [-0.2, 0) is 0 Å². The van der Waals surface area contributed by atoms with Gasteiger partial charge < -0.3 is 15.3 Å². The maximum absolute atomic E-state index is 12.3. The standard InChI is InChI=1S/C14H23N3O2/c1-4-15-12-6-7-13(16-10-12)14(19)17(11(2)3)8-5-9-18/h6-7,10-11,15,18H,4-5,8-9H2,1-3H3. The topological polar surface area (TPSA) is 65.5 Å². The average molecular weight is 265 g/mol. The monoisotopic (exact) mass is 265 g/mol. The van der Waals surface area contributed by atoms with E-state index in [1.807, 2.05) is 26.8 Å². The van der Waals surface area contributed by atoms with Gasteiger partial charge in [-0.15, -0.1) is 0 Å². The lowest BCUT2D eigenvalue weighted by molar-refractivity contribution is 0.0687. The molecule has 0 saturated heterocycles. The van der Waals surface area contributed by atoms with Crippen LogP contribution in [-0.4, -0.2) is 46.6 Å². The van der Waals surface area contributed by atoms with Gasteiger partial charge in [0, 0.05) is 25.7 Å². The van der Waals surface area contributed by atoms with Crippen molar-refractivity contribution in [3.05, 3.63) is 24.0 Å². The van der Waals surface area contributed by atoms with Gasteiger partial charge in [-0.25, -0.2) is 4.98 Å². The number of nitrogens with zero attached hydrogens (tertiary/aromatic N) is 2. The molecule has 5 nitrogen and oxygen atoms in total. The number of carbonyl (C=O) groups excluding carboxylic acids is 1. The van der Waals surface area contributed by atoms with Gasteiger partial charge in [-0.1, -0.05) is 0 Å². The predicted molar refractivity (Wildman–Crippen MR) is 76.3 cm³/mol. The number of carbonyl (C=O) groups is 1. The molecule has 1 aromatic rings. The Kier molecular flexibility index (Phi) is 6.29. The zero-order valence-electron chi connectivity index (χ0n) is 11.9. The third kappa shape index (κ3) is 4.52. The van der Waals surface area contributed by atoms with Gasteiger partial charge >= 0.3 is 0 Å². The molecule has 0 aliphatic rings. The van der Waals surface area contributed by atoms with Crippen LogP contribution in [0, 0.1) is 0 Å². The molecule has 0 aromatic carbocycles. The van der Waals surface area contributed by atoms with Crippen LogP contribution in [0.4, 0.5) is 5.69 Å². The highest BCUT2D eigenvalue weighted by atomic mass is 16.3. The van der Waals surface area contributed by atoms with E-state index in [-0.39, 0.29) is 18.6 Å². The normalized spacial score (nSPS) is 10.6. The largest absolute Gasteiger partial charge is 0.396 e. The molecule has 106 valence electrons. The molecule has 1 aromatic heterocycles. The highest BCUT2D eigenvalue weighted by molar-refractivity contribution is 5.92. The quantitative estimate of drug-likeness (QED) is 0.788. The predicted octanol–water partition coefficient (Wildman–Crippen LogP) is 1.75. The second-order valence-electron chi connectivity index (χ2n) is 4.63. The molecule has 0 unspecified atom stereocenters. The molecule has 19 heavy (non-hydrogen) atoms. The minimum Gasteiger partial charge on any atom is -0.396 e. The lowest BCUT2D eigenvalue weighted by atomic mass is 10.2. The van der Waals surface area contributed by atoms with E-state index in [2.05, 4.69) is 10.3 Å². The van der Waals surface area contributed by atoms with Crippen molar-refractivity contribution in [2.75, 3.05) is 25.0 Å². The minimum atomic E-state index is -0.0912. The highest BCUT2D eigenvalue weighted by Gasteiger charge is 2.19. The van der Waals surface area contributed by atoms with Gasteiger partial charge in [0.15, 0.2) is 0 Å². The third-order valence-corrected chi connectivity index (χ3v) is 2.80. The molecule has 0 saturated carbocycles. The highest BCUT2D eigenvalue weighted by Crippen LogP contribution is 2.10. The Balaban J connectivity index is 2.78. The van der Waals surface area contributed by atoms with Crippen molar-refractivity contribution in [3.63, 3.8) is 0 Å². The van der Waals surface area contributed by atoms with Crippen molar-refractivity contribution < 1.29 is 9.90 Å². The second-order valence-corrected chi connectivity index (χ2v) is 4.63. The third-order valence-electron chi connectivity index (χ3n) is 2.80. The number of amides is 1. The Bertz CT molecular complexity index is 390. The number of anilines is 1. The number of hydrogen-bond donors (Lipinski definition) is 2. The molecule has 1 amide bonds. The first-order valence-corrected chi connectivity index (χ1v) is 6.71. The van der Waals surface area contributed by atoms with Crippen molar-refractivity contribution in [1.29, 1.82) is 0 Å². The van der Waals surface area contributed by atoms with Crippen molar-refractivity contribution in [1.82, 2.24) is 9.88 Å². The van der Waals surface area contributed by atoms with E-state index in [9.17, 15) is 4.79 Å². The Morgan fingerprint density at radius 1 is 1.47 bits per heavy atom. The SMILES string of the molecule is CCNc1ccc(C(=O)N(CCCO)C(C)C)nc1. The van der Waals surface area contributed by atoms with E-state index in [0.717, 1.165) is 12.2 Å². The number of hydrogen-bond acceptors (Lipinski definition) is 4. The van der Waals surface area contributed by atoms with Gasteiger partial charge in [0.25, 0.3) is 5.91 Å². The Morgan fingerprint density at radius 2 is 2.21 bits per heavy atom. The van der Waals surface area contributed by atoms with Gasteiger partial charge in [-0.3, -0.25) is 4.79 Å². The zero-order chi connectivity index (χ0) is 14.3. The van der Waals surface area contributed by atoms with Gasteiger partial charge in [0.05, 0.1) is 11.9 Å². The van der Waals surface area contributed by atoms with Crippen molar-refractivity contribution in [2.24, 2.45) is 0 Å². The first-order chi connectivity index (χ1) is 9.10. The molecule has 2 N–H and O–H groups in total. The smallest absolute Gasteiger partial charge is 0.272 e. The lowest BCUT2D eigenvalue weighted by Gasteiger charge is -2.26. The summed E-state index contributed by atoms with van der Waals surface area (Å²) in [6.45, 7) is 7.38. The molecule has 0 spiro atoms. The van der Waals surface area contributed by atoms with E-state index in [0.29, 0.717) is 18.7 Å². The summed E-state index contributed by atoms with van der Waals surface area (Å²) in [4.78, 5) is 18.2. The van der Waals surface area contributed by atoms with Crippen LogP contribution in [0.5, 0.6) is 0 Å². The molecule has 1 rings (SSSR count). The number of aliphatic hydroxyl groups excluding tert-OH is 1. The van der Waals surface area contributed by atoms with Crippen LogP contribution in [0.3, 0.4) is 0 Å². The first kappa shape index (κ1) is 15.4. The van der Waals surface area contributed by atoms with Crippen LogP contribution in [0.2, 0.25) is 0 Å². The molecule has 0 radical (unpaired) electrons. The fourth-order valence-electron chi connectivity index (χ4n) is 1.81. The molecule has 0 atom stereocenters. The summed E-state index contributed by atoms with van der Waals surface area (Å²) in [6, 6.07) is 3.68. The maximum Gasteiger partial charge on any atom is 0.272 e. The second kappa shape index (κ2) is 7.74. The molecule has 1 heterocycles. The summed E-state index contributed by atoms with van der Waals surface area (Å²) in [5.41, 5.74) is 1.35. The van der Waals surface area contributed by atoms with E-state index in [1.165, 1.54) is 0 Å². The Hall–Kier alpha value is -1.62. The summed E-state index contributed by atoms with van der Waals surface area (Å²) >= 11 is 0. The summed E-state index contributed by atoms with van der Waals surface area (Å²) in [5, 5.41) is 12.0. The first-order valence-electron chi connectivity index (χ1n) is 6.71. The fourth-order valence-corrected chi connectivity index (χ4v) is 1.81. The number of nitrogens with one attached hydrogen (secondary N) is 1. The number of aromatic nitrogens is 1. The number of rotatable bonds is 7. The van der Waals surface area contributed by atoms with Gasteiger partial charge in [0.1, 0.15) is 5.69 Å². The summed E-state index contributed by atoms with van der Waals surface area (Å²) in [7, 11) is 0. The van der Waals surface area contributed by atoms with Crippen molar-refractivity contribution in [3.8, 4) is 0 Å². The minimum absolute atomic E-state index is 0.0866. The van der Waals surface area contributed by atoms with Gasteiger partial charge in [0.2, 0.25) is 0 Å². The summed E-state index contributed by atoms with van der Waals surface area (Å²) in [5.74, 6) is -0.0912. The molecular formula is C14H23N3O2. The van der Waals surface area contributed by atoms with Crippen LogP contribution >= 0.6 is 0 Å². The van der Waals surface area contributed by atoms with Crippen LogP contribution < -0.4 is 5.32 Å². The van der Waals surface area contributed by atoms with E-state index in [4.69, 9.17) is 5.11 Å². The molecule has 0 bridgehead atoms. The zero-order valence-corrected chi connectivity index (χ0v) is 11.9. The van der Waals surface area contributed by atoms with E-state index >= 15 is 0 Å². The molecule has 5 heteroatoms. The summed E-state index contributed by atoms with van der Waals surface area (Å²) < 4.78 is 0. The number of pyridine rings is 1.